The molecular formula is C19H28ClN3O2S. The third-order valence-electron chi connectivity index (χ3n) is 4.38. The lowest BCUT2D eigenvalue weighted by atomic mass is 10.2. The van der Waals surface area contributed by atoms with Crippen LogP contribution in [0.25, 0.3) is 0 Å². The number of rotatable bonds is 8. The van der Waals surface area contributed by atoms with Crippen molar-refractivity contribution in [3.05, 3.63) is 29.3 Å². The first kappa shape index (κ1) is 21.1. The van der Waals surface area contributed by atoms with Crippen molar-refractivity contribution >= 4 is 35.2 Å². The van der Waals surface area contributed by atoms with Gasteiger partial charge in [-0.2, -0.15) is 0 Å². The average molecular weight is 398 g/mol. The van der Waals surface area contributed by atoms with Gasteiger partial charge < -0.3 is 10.2 Å². The predicted molar refractivity (Wildman–Crippen MR) is 108 cm³/mol. The van der Waals surface area contributed by atoms with Gasteiger partial charge in [-0.15, -0.1) is 11.8 Å². The van der Waals surface area contributed by atoms with Gasteiger partial charge in [0.1, 0.15) is 0 Å². The molecule has 26 heavy (non-hydrogen) atoms. The van der Waals surface area contributed by atoms with Gasteiger partial charge in [0.2, 0.25) is 11.8 Å². The molecule has 0 saturated carbocycles. The summed E-state index contributed by atoms with van der Waals surface area (Å²) in [6, 6.07) is 7.55. The molecule has 0 aromatic heterocycles. The van der Waals surface area contributed by atoms with Crippen LogP contribution in [0.3, 0.4) is 0 Å². The summed E-state index contributed by atoms with van der Waals surface area (Å²) in [5, 5.41) is 3.50. The van der Waals surface area contributed by atoms with Gasteiger partial charge in [0.15, 0.2) is 0 Å². The fourth-order valence-electron chi connectivity index (χ4n) is 2.81. The van der Waals surface area contributed by atoms with Crippen LogP contribution in [0.5, 0.6) is 0 Å². The van der Waals surface area contributed by atoms with Crippen LogP contribution in [0.15, 0.2) is 29.2 Å². The van der Waals surface area contributed by atoms with Gasteiger partial charge in [-0.25, -0.2) is 0 Å². The van der Waals surface area contributed by atoms with Gasteiger partial charge in [-0.05, 0) is 37.6 Å². The second-order valence-electron chi connectivity index (χ2n) is 6.52. The Labute approximate surface area is 165 Å². The Kier molecular flexibility index (Phi) is 8.75. The van der Waals surface area contributed by atoms with Crippen LogP contribution >= 0.6 is 23.4 Å². The zero-order valence-corrected chi connectivity index (χ0v) is 17.1. The third-order valence-corrected chi connectivity index (χ3v) is 5.73. The minimum atomic E-state index is -0.139. The molecule has 1 aromatic rings. The predicted octanol–water partition coefficient (Wildman–Crippen LogP) is 2.88. The van der Waals surface area contributed by atoms with E-state index in [1.807, 2.05) is 36.1 Å². The maximum absolute atomic E-state index is 12.7. The largest absolute Gasteiger partial charge is 0.355 e. The minimum absolute atomic E-state index is 0.0740. The topological polar surface area (TPSA) is 52.7 Å². The van der Waals surface area contributed by atoms with Crippen molar-refractivity contribution in [2.24, 2.45) is 0 Å². The number of hydrogen-bond acceptors (Lipinski definition) is 4. The number of piperazine rings is 1. The van der Waals surface area contributed by atoms with Crippen molar-refractivity contribution in [3.8, 4) is 0 Å². The highest BCUT2D eigenvalue weighted by molar-refractivity contribution is 8.00. The first-order chi connectivity index (χ1) is 12.5. The quantitative estimate of drug-likeness (QED) is 0.541. The summed E-state index contributed by atoms with van der Waals surface area (Å²) >= 11 is 7.45. The van der Waals surface area contributed by atoms with Crippen molar-refractivity contribution < 1.29 is 9.59 Å². The van der Waals surface area contributed by atoms with E-state index in [0.717, 1.165) is 37.4 Å². The molecule has 0 spiro atoms. The Balaban J connectivity index is 1.73. The normalized spacial score (nSPS) is 16.3. The van der Waals surface area contributed by atoms with Crippen LogP contribution in [0.2, 0.25) is 5.02 Å². The van der Waals surface area contributed by atoms with E-state index in [2.05, 4.69) is 17.1 Å². The summed E-state index contributed by atoms with van der Waals surface area (Å²) in [7, 11) is 0. The highest BCUT2D eigenvalue weighted by atomic mass is 35.5. The monoisotopic (exact) mass is 397 g/mol. The van der Waals surface area contributed by atoms with E-state index in [4.69, 9.17) is 11.6 Å². The molecule has 1 aliphatic rings. The van der Waals surface area contributed by atoms with Crippen molar-refractivity contribution in [1.29, 1.82) is 0 Å². The molecule has 0 aliphatic carbocycles. The van der Waals surface area contributed by atoms with Crippen LogP contribution in [0, 0.1) is 0 Å². The van der Waals surface area contributed by atoms with E-state index in [1.165, 1.54) is 0 Å². The molecule has 1 unspecified atom stereocenters. The summed E-state index contributed by atoms with van der Waals surface area (Å²) in [5.41, 5.74) is 0. The van der Waals surface area contributed by atoms with Crippen LogP contribution in [-0.2, 0) is 9.59 Å². The Morgan fingerprint density at radius 2 is 1.85 bits per heavy atom. The van der Waals surface area contributed by atoms with Gasteiger partial charge in [-0.1, -0.05) is 24.9 Å². The molecule has 0 bridgehead atoms. The van der Waals surface area contributed by atoms with Crippen LogP contribution in [0.1, 0.15) is 26.7 Å². The third kappa shape index (κ3) is 6.82. The molecule has 5 nitrogen and oxygen atoms in total. The number of nitrogens with one attached hydrogen (secondary N) is 1. The summed E-state index contributed by atoms with van der Waals surface area (Å²) in [6.45, 7) is 8.04. The molecular weight excluding hydrogens is 370 g/mol. The van der Waals surface area contributed by atoms with Gasteiger partial charge in [-0.3, -0.25) is 14.5 Å². The molecule has 1 atom stereocenters. The second kappa shape index (κ2) is 10.8. The highest BCUT2D eigenvalue weighted by Crippen LogP contribution is 2.26. The number of carbonyl (C=O) groups is 2. The zero-order valence-electron chi connectivity index (χ0n) is 15.5. The van der Waals surface area contributed by atoms with E-state index in [-0.39, 0.29) is 17.1 Å². The molecule has 1 heterocycles. The molecule has 1 aromatic carbocycles. The van der Waals surface area contributed by atoms with E-state index < -0.39 is 0 Å². The molecule has 1 N–H and O–H groups in total. The maximum atomic E-state index is 12.7. The Morgan fingerprint density at radius 3 is 2.46 bits per heavy atom. The van der Waals surface area contributed by atoms with Crippen molar-refractivity contribution in [2.75, 3.05) is 39.3 Å². The van der Waals surface area contributed by atoms with Gasteiger partial charge >= 0.3 is 0 Å². The average Bonchev–Trinajstić information content (AvgIpc) is 2.64. The fraction of sp³-hybridized carbons (Fsp3) is 0.579. The summed E-state index contributed by atoms with van der Waals surface area (Å²) in [5.74, 6) is 0.224. The van der Waals surface area contributed by atoms with E-state index in [1.54, 1.807) is 11.8 Å². The molecule has 7 heteroatoms. The van der Waals surface area contributed by atoms with Crippen LogP contribution in [-0.4, -0.2) is 66.1 Å². The summed E-state index contributed by atoms with van der Waals surface area (Å²) in [6.07, 6.45) is 2.09. The number of thioether (sulfide) groups is 1. The zero-order chi connectivity index (χ0) is 18.9. The molecule has 2 rings (SSSR count). The van der Waals surface area contributed by atoms with Crippen LogP contribution in [0.4, 0.5) is 0 Å². The van der Waals surface area contributed by atoms with Gasteiger partial charge in [0.05, 0.1) is 11.8 Å². The molecule has 0 radical (unpaired) electrons. The number of halogens is 1. The fourth-order valence-corrected chi connectivity index (χ4v) is 3.89. The van der Waals surface area contributed by atoms with E-state index >= 15 is 0 Å². The molecule has 2 amide bonds. The smallest absolute Gasteiger partial charge is 0.235 e. The van der Waals surface area contributed by atoms with Crippen molar-refractivity contribution in [1.82, 2.24) is 15.1 Å². The first-order valence-corrected chi connectivity index (χ1v) is 10.5. The number of unbranched alkanes of at least 4 members (excludes halogenated alkanes) is 1. The lowest BCUT2D eigenvalue weighted by molar-refractivity contribution is -0.132. The summed E-state index contributed by atoms with van der Waals surface area (Å²) < 4.78 is 0. The minimum Gasteiger partial charge on any atom is -0.355 e. The number of carbonyl (C=O) groups excluding carboxylic acids is 2. The lowest BCUT2D eigenvalue weighted by Gasteiger charge is -2.35. The van der Waals surface area contributed by atoms with Gasteiger partial charge in [0.25, 0.3) is 0 Å². The Morgan fingerprint density at radius 1 is 1.19 bits per heavy atom. The standard InChI is InChI=1S/C19H28ClN3O2S/c1-3-4-9-21-18(24)14-22-10-12-23(13-11-22)19(25)15(2)26-17-7-5-16(20)6-8-17/h5-8,15H,3-4,9-14H2,1-2H3,(H,21,24). The number of hydrogen-bond donors (Lipinski definition) is 1. The van der Waals surface area contributed by atoms with Gasteiger partial charge in [0, 0.05) is 42.6 Å². The molecule has 144 valence electrons. The van der Waals surface area contributed by atoms with Crippen molar-refractivity contribution in [2.45, 2.75) is 36.8 Å². The molecule has 1 fully saturated rings. The number of benzene rings is 1. The number of amides is 2. The van der Waals surface area contributed by atoms with Crippen molar-refractivity contribution in [3.63, 3.8) is 0 Å². The summed E-state index contributed by atoms with van der Waals surface area (Å²) in [4.78, 5) is 29.6. The lowest BCUT2D eigenvalue weighted by Crippen LogP contribution is -2.52. The molecule has 1 aliphatic heterocycles. The van der Waals surface area contributed by atoms with Crippen LogP contribution < -0.4 is 5.32 Å². The Bertz CT molecular complexity index is 589. The first-order valence-electron chi connectivity index (χ1n) is 9.19. The highest BCUT2D eigenvalue weighted by Gasteiger charge is 2.26. The van der Waals surface area contributed by atoms with E-state index in [0.29, 0.717) is 24.7 Å². The molecule has 1 saturated heterocycles. The maximum Gasteiger partial charge on any atom is 0.235 e. The SMILES string of the molecule is CCCCNC(=O)CN1CCN(C(=O)C(C)Sc2ccc(Cl)cc2)CC1. The second-order valence-corrected chi connectivity index (χ2v) is 8.37. The Hall–Kier alpha value is -1.24. The van der Waals surface area contributed by atoms with E-state index in [9.17, 15) is 9.59 Å². The number of nitrogens with zero attached hydrogens (tertiary/aromatic N) is 2.